The molecule has 0 radical (unpaired) electrons. The number of rotatable bonds is 4. The van der Waals surface area contributed by atoms with Crippen molar-refractivity contribution in [1.29, 1.82) is 0 Å². The van der Waals surface area contributed by atoms with Crippen molar-refractivity contribution in [3.05, 3.63) is 66.0 Å². The van der Waals surface area contributed by atoms with E-state index in [0.29, 0.717) is 31.7 Å². The minimum atomic E-state index is -0.396. The van der Waals surface area contributed by atoms with E-state index >= 15 is 0 Å². The number of carbonyl (C=O) groups is 1. The molecule has 28 heavy (non-hydrogen) atoms. The summed E-state index contributed by atoms with van der Waals surface area (Å²) in [6.45, 7) is 2.49. The summed E-state index contributed by atoms with van der Waals surface area (Å²) in [6, 6.07) is 15.6. The second-order valence-electron chi connectivity index (χ2n) is 6.66. The summed E-state index contributed by atoms with van der Waals surface area (Å²) < 4.78 is 18.6. The number of nitrogens with one attached hydrogen (secondary N) is 1. The van der Waals surface area contributed by atoms with Gasteiger partial charge in [0.1, 0.15) is 11.6 Å². The van der Waals surface area contributed by atoms with Gasteiger partial charge in [0.05, 0.1) is 12.8 Å². The van der Waals surface area contributed by atoms with E-state index in [1.165, 1.54) is 12.1 Å². The van der Waals surface area contributed by atoms with Gasteiger partial charge in [0.2, 0.25) is 0 Å². The Hall–Kier alpha value is -3.35. The molecule has 0 spiro atoms. The molecule has 1 aliphatic rings. The van der Waals surface area contributed by atoms with Gasteiger partial charge in [0.25, 0.3) is 5.91 Å². The van der Waals surface area contributed by atoms with Crippen molar-refractivity contribution in [2.24, 2.45) is 0 Å². The monoisotopic (exact) mass is 380 g/mol. The first-order valence-electron chi connectivity index (χ1n) is 9.13. The first kappa shape index (κ1) is 18.0. The summed E-state index contributed by atoms with van der Waals surface area (Å²) in [5.74, 6) is 1.12. The van der Waals surface area contributed by atoms with Gasteiger partial charge in [-0.2, -0.15) is 5.10 Å². The van der Waals surface area contributed by atoms with E-state index in [4.69, 9.17) is 4.74 Å². The number of halogens is 1. The molecule has 0 unspecified atom stereocenters. The van der Waals surface area contributed by atoms with Crippen molar-refractivity contribution >= 4 is 11.7 Å². The van der Waals surface area contributed by atoms with E-state index in [0.717, 1.165) is 22.8 Å². The zero-order chi connectivity index (χ0) is 19.5. The summed E-state index contributed by atoms with van der Waals surface area (Å²) >= 11 is 0. The fourth-order valence-electron chi connectivity index (χ4n) is 3.33. The fourth-order valence-corrected chi connectivity index (χ4v) is 3.33. The van der Waals surface area contributed by atoms with Gasteiger partial charge in [0.15, 0.2) is 5.82 Å². The van der Waals surface area contributed by atoms with Gasteiger partial charge in [-0.3, -0.25) is 9.89 Å². The SMILES string of the molecule is COc1ccc(-c2cc(N3CCN(C(=O)c4cccc(F)c4)CC3)n[nH]2)cc1. The number of amides is 1. The predicted molar refractivity (Wildman–Crippen MR) is 105 cm³/mol. The molecule has 0 aliphatic carbocycles. The molecule has 1 aliphatic heterocycles. The molecule has 0 atom stereocenters. The van der Waals surface area contributed by atoms with E-state index in [-0.39, 0.29) is 5.91 Å². The van der Waals surface area contributed by atoms with Crippen LogP contribution in [0.2, 0.25) is 0 Å². The molecule has 7 heteroatoms. The number of hydrogen-bond acceptors (Lipinski definition) is 4. The van der Waals surface area contributed by atoms with Crippen LogP contribution in [0.25, 0.3) is 11.3 Å². The van der Waals surface area contributed by atoms with Gasteiger partial charge in [-0.05, 0) is 48.0 Å². The van der Waals surface area contributed by atoms with Crippen LogP contribution in [0, 0.1) is 5.82 Å². The normalized spacial score (nSPS) is 14.2. The number of anilines is 1. The van der Waals surface area contributed by atoms with Crippen molar-refractivity contribution in [3.8, 4) is 17.0 Å². The standard InChI is InChI=1S/C21H21FN4O2/c1-28-18-7-5-15(6-8-18)19-14-20(24-23-19)25-9-11-26(12-10-25)21(27)16-3-2-4-17(22)13-16/h2-8,13-14H,9-12H2,1H3,(H,23,24). The number of hydrogen-bond donors (Lipinski definition) is 1. The van der Waals surface area contributed by atoms with Gasteiger partial charge in [-0.1, -0.05) is 6.07 Å². The van der Waals surface area contributed by atoms with Crippen LogP contribution in [0.4, 0.5) is 10.2 Å². The quantitative estimate of drug-likeness (QED) is 0.755. The second-order valence-corrected chi connectivity index (χ2v) is 6.66. The molecule has 1 saturated heterocycles. The van der Waals surface area contributed by atoms with Crippen LogP contribution in [0.15, 0.2) is 54.6 Å². The summed E-state index contributed by atoms with van der Waals surface area (Å²) in [6.07, 6.45) is 0. The highest BCUT2D eigenvalue weighted by Gasteiger charge is 2.23. The zero-order valence-electron chi connectivity index (χ0n) is 15.6. The Balaban J connectivity index is 1.40. The van der Waals surface area contributed by atoms with Crippen LogP contribution in [0.3, 0.4) is 0 Å². The third kappa shape index (κ3) is 3.69. The van der Waals surface area contributed by atoms with E-state index in [1.54, 1.807) is 24.1 Å². The minimum Gasteiger partial charge on any atom is -0.497 e. The van der Waals surface area contributed by atoms with Gasteiger partial charge >= 0.3 is 0 Å². The molecule has 6 nitrogen and oxygen atoms in total. The predicted octanol–water partition coefficient (Wildman–Crippen LogP) is 3.19. The molecule has 1 N–H and O–H groups in total. The molecule has 0 bridgehead atoms. The first-order valence-corrected chi connectivity index (χ1v) is 9.13. The Kier molecular flexibility index (Phi) is 4.97. The molecule has 144 valence electrons. The maximum absolute atomic E-state index is 13.4. The Bertz CT molecular complexity index is 963. The number of H-pyrrole nitrogens is 1. The van der Waals surface area contributed by atoms with Crippen LogP contribution >= 0.6 is 0 Å². The summed E-state index contributed by atoms with van der Waals surface area (Å²) in [4.78, 5) is 16.4. The zero-order valence-corrected chi connectivity index (χ0v) is 15.6. The van der Waals surface area contributed by atoms with Gasteiger partial charge < -0.3 is 14.5 Å². The summed E-state index contributed by atoms with van der Waals surface area (Å²) in [7, 11) is 1.64. The van der Waals surface area contributed by atoms with Crippen molar-refractivity contribution < 1.29 is 13.9 Å². The molecule has 1 amide bonds. The smallest absolute Gasteiger partial charge is 0.254 e. The lowest BCUT2D eigenvalue weighted by Gasteiger charge is -2.34. The number of ether oxygens (including phenoxy) is 1. The number of methoxy groups -OCH3 is 1. The van der Waals surface area contributed by atoms with Crippen LogP contribution in [-0.2, 0) is 0 Å². The number of nitrogens with zero attached hydrogens (tertiary/aromatic N) is 3. The third-order valence-electron chi connectivity index (χ3n) is 4.93. The van der Waals surface area contributed by atoms with E-state index in [9.17, 15) is 9.18 Å². The number of aromatic nitrogens is 2. The fraction of sp³-hybridized carbons (Fsp3) is 0.238. The molecule has 2 aromatic carbocycles. The molecule has 4 rings (SSSR count). The Morgan fingerprint density at radius 2 is 1.82 bits per heavy atom. The van der Waals surface area contributed by atoms with E-state index in [1.807, 2.05) is 30.3 Å². The number of piperazine rings is 1. The summed E-state index contributed by atoms with van der Waals surface area (Å²) in [5.41, 5.74) is 2.34. The number of benzene rings is 2. The molecule has 3 aromatic rings. The Labute approximate surface area is 162 Å². The van der Waals surface area contributed by atoms with Crippen molar-refractivity contribution in [3.63, 3.8) is 0 Å². The molecule has 0 saturated carbocycles. The van der Waals surface area contributed by atoms with E-state index < -0.39 is 5.82 Å². The second kappa shape index (κ2) is 7.72. The van der Waals surface area contributed by atoms with Crippen molar-refractivity contribution in [2.75, 3.05) is 38.2 Å². The molecule has 1 fully saturated rings. The average Bonchev–Trinajstić information content (AvgIpc) is 3.24. The Morgan fingerprint density at radius 3 is 2.50 bits per heavy atom. The lowest BCUT2D eigenvalue weighted by atomic mass is 10.1. The maximum Gasteiger partial charge on any atom is 0.254 e. The van der Waals surface area contributed by atoms with E-state index in [2.05, 4.69) is 15.1 Å². The van der Waals surface area contributed by atoms with Crippen molar-refractivity contribution in [2.45, 2.75) is 0 Å². The number of carbonyl (C=O) groups excluding carboxylic acids is 1. The first-order chi connectivity index (χ1) is 13.6. The molecule has 1 aromatic heterocycles. The molecular formula is C21H21FN4O2. The maximum atomic E-state index is 13.4. The van der Waals surface area contributed by atoms with Crippen molar-refractivity contribution in [1.82, 2.24) is 15.1 Å². The topological polar surface area (TPSA) is 61.5 Å². The Morgan fingerprint density at radius 1 is 1.07 bits per heavy atom. The van der Waals surface area contributed by atoms with Crippen LogP contribution < -0.4 is 9.64 Å². The van der Waals surface area contributed by atoms with Gasteiger partial charge in [0, 0.05) is 37.8 Å². The molecular weight excluding hydrogens is 359 g/mol. The van der Waals surface area contributed by atoms with Crippen LogP contribution in [0.1, 0.15) is 10.4 Å². The highest BCUT2D eigenvalue weighted by Crippen LogP contribution is 2.24. The lowest BCUT2D eigenvalue weighted by molar-refractivity contribution is 0.0746. The highest BCUT2D eigenvalue weighted by atomic mass is 19.1. The number of aromatic amines is 1. The van der Waals surface area contributed by atoms with Gasteiger partial charge in [-0.25, -0.2) is 4.39 Å². The van der Waals surface area contributed by atoms with Crippen LogP contribution in [-0.4, -0.2) is 54.3 Å². The van der Waals surface area contributed by atoms with Crippen LogP contribution in [0.5, 0.6) is 5.75 Å². The minimum absolute atomic E-state index is 0.139. The third-order valence-corrected chi connectivity index (χ3v) is 4.93. The van der Waals surface area contributed by atoms with Gasteiger partial charge in [-0.15, -0.1) is 0 Å². The lowest BCUT2D eigenvalue weighted by Crippen LogP contribution is -2.49. The summed E-state index contributed by atoms with van der Waals surface area (Å²) in [5, 5.41) is 7.48. The average molecular weight is 380 g/mol. The highest BCUT2D eigenvalue weighted by molar-refractivity contribution is 5.94. The molecule has 2 heterocycles. The largest absolute Gasteiger partial charge is 0.497 e.